The smallest absolute Gasteiger partial charge is 0.415 e. The van der Waals surface area contributed by atoms with E-state index in [0.29, 0.717) is 25.4 Å². The van der Waals surface area contributed by atoms with Gasteiger partial charge < -0.3 is 19.6 Å². The SMILES string of the molecule is C[C@]1(Cn2cc(COc3ccc(Br)cc3)nn2)Cn2cc([N+](=O)[O-])nc2O1. The molecule has 2 aromatic heterocycles. The van der Waals surface area contributed by atoms with Gasteiger partial charge in [-0.15, -0.1) is 5.10 Å². The molecule has 0 aliphatic carbocycles. The molecule has 4 rings (SSSR count). The van der Waals surface area contributed by atoms with Crippen LogP contribution in [0.2, 0.25) is 0 Å². The van der Waals surface area contributed by atoms with E-state index < -0.39 is 10.5 Å². The monoisotopic (exact) mass is 434 g/mol. The first kappa shape index (κ1) is 17.5. The van der Waals surface area contributed by atoms with Crippen LogP contribution in [0.15, 0.2) is 41.1 Å². The summed E-state index contributed by atoms with van der Waals surface area (Å²) in [4.78, 5) is 14.1. The summed E-state index contributed by atoms with van der Waals surface area (Å²) in [5.74, 6) is 0.519. The Morgan fingerprint density at radius 2 is 2.15 bits per heavy atom. The third kappa shape index (κ3) is 3.77. The van der Waals surface area contributed by atoms with Crippen molar-refractivity contribution in [2.75, 3.05) is 0 Å². The van der Waals surface area contributed by atoms with Gasteiger partial charge in [-0.3, -0.25) is 4.57 Å². The molecule has 0 amide bonds. The molecule has 0 spiro atoms. The number of fused-ring (bicyclic) bond motifs is 1. The van der Waals surface area contributed by atoms with Gasteiger partial charge >= 0.3 is 11.8 Å². The minimum absolute atomic E-state index is 0.222. The second-order valence-electron chi connectivity index (χ2n) is 6.47. The van der Waals surface area contributed by atoms with Crippen LogP contribution in [-0.2, 0) is 19.7 Å². The minimum Gasteiger partial charge on any atom is -0.487 e. The summed E-state index contributed by atoms with van der Waals surface area (Å²) in [5.41, 5.74) is 0.0718. The average Bonchev–Trinajstić information content (AvgIpc) is 3.28. The molecule has 1 atom stereocenters. The number of imidazole rings is 1. The van der Waals surface area contributed by atoms with Crippen LogP contribution < -0.4 is 9.47 Å². The molecule has 10 nitrogen and oxygen atoms in total. The van der Waals surface area contributed by atoms with Gasteiger partial charge in [-0.1, -0.05) is 21.1 Å². The molecule has 0 radical (unpaired) electrons. The first-order chi connectivity index (χ1) is 12.9. The number of nitro groups is 1. The van der Waals surface area contributed by atoms with Crippen LogP contribution in [0.4, 0.5) is 5.82 Å². The van der Waals surface area contributed by atoms with Crippen LogP contribution in [0, 0.1) is 10.1 Å². The van der Waals surface area contributed by atoms with Crippen molar-refractivity contribution in [2.24, 2.45) is 0 Å². The van der Waals surface area contributed by atoms with Crippen LogP contribution >= 0.6 is 15.9 Å². The first-order valence-corrected chi connectivity index (χ1v) is 8.87. The van der Waals surface area contributed by atoms with E-state index >= 15 is 0 Å². The predicted octanol–water partition coefficient (Wildman–Crippen LogP) is 2.58. The Morgan fingerprint density at radius 3 is 2.85 bits per heavy atom. The standard InChI is InChI=1S/C16H15BrN6O4/c1-16(9-21-7-14(23(24)25)18-15(21)27-16)10-22-6-12(19-20-22)8-26-13-4-2-11(17)3-5-13/h2-7H,8-10H2,1H3/t16-/m1/s1. The number of rotatable bonds is 6. The summed E-state index contributed by atoms with van der Waals surface area (Å²) in [6, 6.07) is 7.77. The third-order valence-corrected chi connectivity index (χ3v) is 4.57. The van der Waals surface area contributed by atoms with E-state index in [9.17, 15) is 10.1 Å². The molecule has 140 valence electrons. The zero-order chi connectivity index (χ0) is 19.0. The van der Waals surface area contributed by atoms with Crippen LogP contribution in [0.5, 0.6) is 11.8 Å². The molecule has 0 saturated carbocycles. The highest BCUT2D eigenvalue weighted by molar-refractivity contribution is 9.10. The van der Waals surface area contributed by atoms with Crippen LogP contribution in [0.3, 0.4) is 0 Å². The Bertz CT molecular complexity index is 960. The van der Waals surface area contributed by atoms with Crippen molar-refractivity contribution in [3.63, 3.8) is 0 Å². The summed E-state index contributed by atoms with van der Waals surface area (Å²) in [6.45, 7) is 3.06. The van der Waals surface area contributed by atoms with E-state index in [1.54, 1.807) is 15.4 Å². The van der Waals surface area contributed by atoms with Crippen molar-refractivity contribution in [3.05, 3.63) is 56.9 Å². The fraction of sp³-hybridized carbons (Fsp3) is 0.312. The average molecular weight is 435 g/mol. The molecule has 1 aliphatic heterocycles. The molecule has 0 unspecified atom stereocenters. The molecule has 27 heavy (non-hydrogen) atoms. The van der Waals surface area contributed by atoms with Gasteiger partial charge in [-0.2, -0.15) is 0 Å². The normalized spacial score (nSPS) is 18.1. The van der Waals surface area contributed by atoms with E-state index in [1.807, 2.05) is 31.2 Å². The van der Waals surface area contributed by atoms with Gasteiger partial charge in [0.15, 0.2) is 0 Å². The highest BCUT2D eigenvalue weighted by Gasteiger charge is 2.40. The second kappa shape index (κ2) is 6.65. The van der Waals surface area contributed by atoms with Gasteiger partial charge in [0.25, 0.3) is 0 Å². The molecule has 11 heteroatoms. The summed E-state index contributed by atoms with van der Waals surface area (Å²) in [5, 5.41) is 19.0. The van der Waals surface area contributed by atoms with Crippen molar-refractivity contribution >= 4 is 21.7 Å². The van der Waals surface area contributed by atoms with Crippen molar-refractivity contribution in [2.45, 2.75) is 32.2 Å². The van der Waals surface area contributed by atoms with Gasteiger partial charge in [-0.25, -0.2) is 4.68 Å². The number of benzene rings is 1. The minimum atomic E-state index is -0.616. The number of aromatic nitrogens is 5. The third-order valence-electron chi connectivity index (χ3n) is 4.04. The van der Waals surface area contributed by atoms with Crippen LogP contribution in [0.1, 0.15) is 12.6 Å². The van der Waals surface area contributed by atoms with Gasteiger partial charge in [0.05, 0.1) is 19.3 Å². The summed E-state index contributed by atoms with van der Waals surface area (Å²) >= 11 is 3.38. The highest BCUT2D eigenvalue weighted by Crippen LogP contribution is 2.31. The lowest BCUT2D eigenvalue weighted by molar-refractivity contribution is -0.389. The molecule has 0 N–H and O–H groups in total. The lowest BCUT2D eigenvalue weighted by Gasteiger charge is -2.21. The van der Waals surface area contributed by atoms with E-state index in [-0.39, 0.29) is 11.8 Å². The van der Waals surface area contributed by atoms with Crippen LogP contribution in [-0.4, -0.2) is 35.1 Å². The van der Waals surface area contributed by atoms with Gasteiger partial charge in [0, 0.05) is 9.46 Å². The van der Waals surface area contributed by atoms with Gasteiger partial charge in [0.2, 0.25) is 0 Å². The molecular formula is C16H15BrN6O4. The molecular weight excluding hydrogens is 420 g/mol. The zero-order valence-corrected chi connectivity index (χ0v) is 15.9. The van der Waals surface area contributed by atoms with Crippen molar-refractivity contribution in [1.82, 2.24) is 24.5 Å². The number of halogens is 1. The maximum Gasteiger partial charge on any atom is 0.415 e. The molecule has 0 bridgehead atoms. The fourth-order valence-electron chi connectivity index (χ4n) is 2.88. The maximum absolute atomic E-state index is 10.8. The maximum atomic E-state index is 10.8. The number of hydrogen-bond acceptors (Lipinski definition) is 7. The predicted molar refractivity (Wildman–Crippen MR) is 96.4 cm³/mol. The summed E-state index contributed by atoms with van der Waals surface area (Å²) < 4.78 is 15.8. The van der Waals surface area contributed by atoms with Crippen LogP contribution in [0.25, 0.3) is 0 Å². The van der Waals surface area contributed by atoms with E-state index in [2.05, 4.69) is 31.2 Å². The highest BCUT2D eigenvalue weighted by atomic mass is 79.9. The summed E-state index contributed by atoms with van der Waals surface area (Å²) in [7, 11) is 0. The second-order valence-corrected chi connectivity index (χ2v) is 7.38. The molecule has 1 aliphatic rings. The van der Waals surface area contributed by atoms with E-state index in [1.165, 1.54) is 6.20 Å². The van der Waals surface area contributed by atoms with Crippen molar-refractivity contribution in [1.29, 1.82) is 0 Å². The lowest BCUT2D eigenvalue weighted by atomic mass is 10.1. The Morgan fingerprint density at radius 1 is 1.37 bits per heavy atom. The molecule has 0 saturated heterocycles. The Hall–Kier alpha value is -2.95. The van der Waals surface area contributed by atoms with Gasteiger partial charge in [-0.05, 0) is 36.1 Å². The largest absolute Gasteiger partial charge is 0.487 e. The lowest BCUT2D eigenvalue weighted by Crippen LogP contribution is -2.36. The molecule has 3 heterocycles. The number of ether oxygens (including phenoxy) is 2. The molecule has 0 fully saturated rings. The van der Waals surface area contributed by atoms with E-state index in [4.69, 9.17) is 9.47 Å². The van der Waals surface area contributed by atoms with E-state index in [0.717, 1.165) is 10.2 Å². The number of hydrogen-bond donors (Lipinski definition) is 0. The quantitative estimate of drug-likeness (QED) is 0.432. The number of nitrogens with zero attached hydrogens (tertiary/aromatic N) is 6. The zero-order valence-electron chi connectivity index (χ0n) is 14.3. The summed E-state index contributed by atoms with van der Waals surface area (Å²) in [6.07, 6.45) is 3.16. The fourth-order valence-corrected chi connectivity index (χ4v) is 3.14. The molecule has 3 aromatic rings. The Balaban J connectivity index is 1.37. The Labute approximate surface area is 162 Å². The first-order valence-electron chi connectivity index (χ1n) is 8.08. The topological polar surface area (TPSA) is 110 Å². The molecule has 1 aromatic carbocycles. The van der Waals surface area contributed by atoms with Crippen molar-refractivity contribution < 1.29 is 14.4 Å². The van der Waals surface area contributed by atoms with Crippen molar-refractivity contribution in [3.8, 4) is 11.8 Å². The Kier molecular flexibility index (Phi) is 4.30. The van der Waals surface area contributed by atoms with Gasteiger partial charge in [0.1, 0.15) is 29.8 Å².